The summed E-state index contributed by atoms with van der Waals surface area (Å²) >= 11 is 1.68. The topological polar surface area (TPSA) is 103 Å². The standard InChI is InChI=1S/C19H19N5O3S/c1-13-19(24(26)27)14(2)23(22-13)11-18(25)21-16-5-7-17(8-6-16)28-12-15-4-3-9-20-10-15/h3-10H,11-12H2,1-2H3,(H,21,25). The molecule has 2 heterocycles. The summed E-state index contributed by atoms with van der Waals surface area (Å²) in [5.74, 6) is 0.521. The minimum Gasteiger partial charge on any atom is -0.324 e. The maximum Gasteiger partial charge on any atom is 0.312 e. The van der Waals surface area contributed by atoms with Crippen molar-refractivity contribution in [2.45, 2.75) is 31.0 Å². The number of nitrogens with zero attached hydrogens (tertiary/aromatic N) is 4. The van der Waals surface area contributed by atoms with Crippen LogP contribution in [0.1, 0.15) is 17.0 Å². The number of aryl methyl sites for hydroxylation is 1. The van der Waals surface area contributed by atoms with E-state index < -0.39 is 4.92 Å². The van der Waals surface area contributed by atoms with Gasteiger partial charge in [0.25, 0.3) is 0 Å². The van der Waals surface area contributed by atoms with Crippen LogP contribution in [0.15, 0.2) is 53.7 Å². The van der Waals surface area contributed by atoms with Crippen molar-refractivity contribution in [2.75, 3.05) is 5.32 Å². The van der Waals surface area contributed by atoms with Crippen molar-refractivity contribution in [2.24, 2.45) is 0 Å². The number of benzene rings is 1. The minimum atomic E-state index is -0.478. The number of anilines is 1. The molecule has 0 saturated heterocycles. The zero-order valence-electron chi connectivity index (χ0n) is 15.5. The van der Waals surface area contributed by atoms with Gasteiger partial charge < -0.3 is 5.32 Å². The lowest BCUT2D eigenvalue weighted by Crippen LogP contribution is -2.20. The van der Waals surface area contributed by atoms with E-state index in [4.69, 9.17) is 0 Å². The van der Waals surface area contributed by atoms with Crippen LogP contribution in [0.3, 0.4) is 0 Å². The Morgan fingerprint density at radius 1 is 1.25 bits per heavy atom. The molecule has 9 heteroatoms. The number of amides is 1. The number of aromatic nitrogens is 3. The Morgan fingerprint density at radius 2 is 2.00 bits per heavy atom. The Kier molecular flexibility index (Phi) is 6.05. The molecule has 144 valence electrons. The molecule has 0 atom stereocenters. The van der Waals surface area contributed by atoms with Crippen LogP contribution in [0.25, 0.3) is 0 Å². The second kappa shape index (κ2) is 8.66. The fourth-order valence-electron chi connectivity index (χ4n) is 2.73. The molecule has 0 radical (unpaired) electrons. The molecule has 3 rings (SSSR count). The predicted molar refractivity (Wildman–Crippen MR) is 107 cm³/mol. The van der Waals surface area contributed by atoms with Crippen LogP contribution in [0.4, 0.5) is 11.4 Å². The first kappa shape index (κ1) is 19.6. The fraction of sp³-hybridized carbons (Fsp3) is 0.211. The van der Waals surface area contributed by atoms with Crippen LogP contribution >= 0.6 is 11.8 Å². The van der Waals surface area contributed by atoms with Crippen LogP contribution in [-0.4, -0.2) is 25.6 Å². The van der Waals surface area contributed by atoms with E-state index in [0.717, 1.165) is 16.2 Å². The number of rotatable bonds is 7. The summed E-state index contributed by atoms with van der Waals surface area (Å²) in [5.41, 5.74) is 2.41. The van der Waals surface area contributed by atoms with Crippen LogP contribution < -0.4 is 5.32 Å². The first-order valence-corrected chi connectivity index (χ1v) is 9.52. The van der Waals surface area contributed by atoms with Gasteiger partial charge in [0.05, 0.1) is 4.92 Å². The maximum absolute atomic E-state index is 12.3. The summed E-state index contributed by atoms with van der Waals surface area (Å²) < 4.78 is 1.35. The first-order chi connectivity index (χ1) is 13.4. The molecular formula is C19H19N5O3S. The highest BCUT2D eigenvalue weighted by Crippen LogP contribution is 2.24. The summed E-state index contributed by atoms with van der Waals surface area (Å²) in [7, 11) is 0. The molecule has 0 unspecified atom stereocenters. The first-order valence-electron chi connectivity index (χ1n) is 8.54. The summed E-state index contributed by atoms with van der Waals surface area (Å²) in [6.07, 6.45) is 3.58. The molecule has 2 aromatic heterocycles. The van der Waals surface area contributed by atoms with Gasteiger partial charge in [0.1, 0.15) is 17.9 Å². The van der Waals surface area contributed by atoms with Crippen LogP contribution in [0, 0.1) is 24.0 Å². The van der Waals surface area contributed by atoms with Gasteiger partial charge in [0, 0.05) is 28.7 Å². The van der Waals surface area contributed by atoms with Gasteiger partial charge in [-0.25, -0.2) is 0 Å². The third-order valence-corrected chi connectivity index (χ3v) is 5.17. The second-order valence-corrected chi connectivity index (χ2v) is 7.21. The molecule has 3 aromatic rings. The summed E-state index contributed by atoms with van der Waals surface area (Å²) in [6.45, 7) is 3.05. The normalized spacial score (nSPS) is 10.6. The van der Waals surface area contributed by atoms with Gasteiger partial charge >= 0.3 is 5.69 Å². The zero-order valence-corrected chi connectivity index (χ0v) is 16.3. The SMILES string of the molecule is Cc1nn(CC(=O)Nc2ccc(SCc3cccnc3)cc2)c(C)c1[N+](=O)[O-]. The van der Waals surface area contributed by atoms with Gasteiger partial charge in [-0.3, -0.25) is 24.6 Å². The molecule has 0 bridgehead atoms. The second-order valence-electron chi connectivity index (χ2n) is 6.16. The van der Waals surface area contributed by atoms with Crippen molar-refractivity contribution in [3.05, 3.63) is 75.9 Å². The molecule has 0 aliphatic rings. The number of hydrogen-bond acceptors (Lipinski definition) is 6. The average molecular weight is 397 g/mol. The molecule has 0 aliphatic carbocycles. The van der Waals surface area contributed by atoms with E-state index in [1.165, 1.54) is 4.68 Å². The smallest absolute Gasteiger partial charge is 0.312 e. The van der Waals surface area contributed by atoms with Gasteiger partial charge in [-0.1, -0.05) is 6.07 Å². The number of pyridine rings is 1. The Bertz CT molecular complexity index is 987. The van der Waals surface area contributed by atoms with Gasteiger partial charge in [0.15, 0.2) is 0 Å². The third kappa shape index (κ3) is 4.74. The zero-order chi connectivity index (χ0) is 20.1. The van der Waals surface area contributed by atoms with Crippen molar-refractivity contribution in [1.82, 2.24) is 14.8 Å². The van der Waals surface area contributed by atoms with Crippen molar-refractivity contribution in [3.8, 4) is 0 Å². The van der Waals surface area contributed by atoms with Gasteiger partial charge in [-0.15, -0.1) is 11.8 Å². The Labute approximate surface area is 166 Å². The van der Waals surface area contributed by atoms with Gasteiger partial charge in [0.2, 0.25) is 5.91 Å². The molecule has 0 aliphatic heterocycles. The molecule has 1 aromatic carbocycles. The molecule has 0 saturated carbocycles. The van der Waals surface area contributed by atoms with Crippen LogP contribution in [0.2, 0.25) is 0 Å². The third-order valence-electron chi connectivity index (χ3n) is 4.09. The molecular weight excluding hydrogens is 378 g/mol. The van der Waals surface area contributed by atoms with Gasteiger partial charge in [-0.2, -0.15) is 5.10 Å². The highest BCUT2D eigenvalue weighted by Gasteiger charge is 2.22. The molecule has 8 nitrogen and oxygen atoms in total. The maximum atomic E-state index is 12.3. The average Bonchev–Trinajstić information content (AvgIpc) is 2.95. The van der Waals surface area contributed by atoms with Crippen molar-refractivity contribution >= 4 is 29.0 Å². The van der Waals surface area contributed by atoms with Crippen LogP contribution in [0.5, 0.6) is 0 Å². The lowest BCUT2D eigenvalue weighted by molar-refractivity contribution is -0.386. The Balaban J connectivity index is 1.57. The number of nitrogens with one attached hydrogen (secondary N) is 1. The number of nitro groups is 1. The molecule has 1 amide bonds. The minimum absolute atomic E-state index is 0.0530. The largest absolute Gasteiger partial charge is 0.324 e. The number of carbonyl (C=O) groups excluding carboxylic acids is 1. The lowest BCUT2D eigenvalue weighted by Gasteiger charge is -2.08. The number of hydrogen-bond donors (Lipinski definition) is 1. The summed E-state index contributed by atoms with van der Waals surface area (Å²) in [5, 5.41) is 17.9. The van der Waals surface area contributed by atoms with E-state index in [1.54, 1.807) is 31.8 Å². The summed E-state index contributed by atoms with van der Waals surface area (Å²) in [4.78, 5) is 28.0. The molecule has 0 fully saturated rings. The highest BCUT2D eigenvalue weighted by atomic mass is 32.2. The highest BCUT2D eigenvalue weighted by molar-refractivity contribution is 7.98. The van der Waals surface area contributed by atoms with Crippen LogP contribution in [-0.2, 0) is 17.1 Å². The number of thioether (sulfide) groups is 1. The van der Waals surface area contributed by atoms with E-state index in [2.05, 4.69) is 15.4 Å². The Hall–Kier alpha value is -3.20. The summed E-state index contributed by atoms with van der Waals surface area (Å²) in [6, 6.07) is 11.5. The van der Waals surface area contributed by atoms with E-state index in [9.17, 15) is 14.9 Å². The van der Waals surface area contributed by atoms with Crippen molar-refractivity contribution in [3.63, 3.8) is 0 Å². The van der Waals surface area contributed by atoms with Crippen molar-refractivity contribution in [1.29, 1.82) is 0 Å². The van der Waals surface area contributed by atoms with Crippen molar-refractivity contribution < 1.29 is 9.72 Å². The predicted octanol–water partition coefficient (Wildman–Crippen LogP) is 3.73. The molecule has 0 spiro atoms. The fourth-order valence-corrected chi connectivity index (χ4v) is 3.56. The van der Waals surface area contributed by atoms with E-state index in [1.807, 2.05) is 42.6 Å². The van der Waals surface area contributed by atoms with E-state index in [0.29, 0.717) is 17.1 Å². The number of carbonyl (C=O) groups is 1. The van der Waals surface area contributed by atoms with E-state index in [-0.39, 0.29) is 18.1 Å². The quantitative estimate of drug-likeness (QED) is 0.370. The monoisotopic (exact) mass is 397 g/mol. The van der Waals surface area contributed by atoms with E-state index >= 15 is 0 Å². The van der Waals surface area contributed by atoms with Gasteiger partial charge in [-0.05, 0) is 49.7 Å². The molecule has 28 heavy (non-hydrogen) atoms. The molecule has 1 N–H and O–H groups in total. The lowest BCUT2D eigenvalue weighted by atomic mass is 10.3. The Morgan fingerprint density at radius 3 is 2.61 bits per heavy atom.